The van der Waals surface area contributed by atoms with Gasteiger partial charge in [0.1, 0.15) is 0 Å². The van der Waals surface area contributed by atoms with E-state index in [4.69, 9.17) is 0 Å². The fourth-order valence-corrected chi connectivity index (χ4v) is 1.27. The van der Waals surface area contributed by atoms with Crippen molar-refractivity contribution in [2.75, 3.05) is 0 Å². The molecule has 0 atom stereocenters. The number of nitrogens with zero attached hydrogens (tertiary/aromatic N) is 4. The van der Waals surface area contributed by atoms with Crippen LogP contribution in [0.1, 0.15) is 16.2 Å². The highest BCUT2D eigenvalue weighted by Gasteiger charge is 2.10. The van der Waals surface area contributed by atoms with Gasteiger partial charge in [-0.1, -0.05) is 30.3 Å². The molecule has 1 heterocycles. The van der Waals surface area contributed by atoms with Gasteiger partial charge in [0.05, 0.1) is 6.42 Å². The van der Waals surface area contributed by atoms with Gasteiger partial charge >= 0.3 is 0 Å². The second kappa shape index (κ2) is 4.00. The fraction of sp³-hybridized carbons (Fsp3) is 0.200. The SMILES string of the molecule is Cn1nnnc1CC(=O)c1ccccc1. The molecule has 0 fully saturated rings. The molecule has 0 aliphatic rings. The Hall–Kier alpha value is -2.04. The smallest absolute Gasteiger partial charge is 0.170 e. The molecule has 15 heavy (non-hydrogen) atoms. The third kappa shape index (κ3) is 2.07. The van der Waals surface area contributed by atoms with Crippen LogP contribution in [0.2, 0.25) is 0 Å². The highest BCUT2D eigenvalue weighted by molar-refractivity contribution is 5.97. The van der Waals surface area contributed by atoms with E-state index in [1.54, 1.807) is 19.2 Å². The van der Waals surface area contributed by atoms with Crippen LogP contribution in [0.15, 0.2) is 30.3 Å². The van der Waals surface area contributed by atoms with Gasteiger partial charge in [-0.3, -0.25) is 4.79 Å². The molecule has 2 rings (SSSR count). The van der Waals surface area contributed by atoms with Crippen molar-refractivity contribution < 1.29 is 4.79 Å². The lowest BCUT2D eigenvalue weighted by Crippen LogP contribution is -2.08. The minimum Gasteiger partial charge on any atom is -0.294 e. The maximum Gasteiger partial charge on any atom is 0.170 e. The van der Waals surface area contributed by atoms with E-state index in [1.807, 2.05) is 18.2 Å². The molecule has 0 saturated carbocycles. The largest absolute Gasteiger partial charge is 0.294 e. The summed E-state index contributed by atoms with van der Waals surface area (Å²) in [4.78, 5) is 11.8. The normalized spacial score (nSPS) is 10.2. The van der Waals surface area contributed by atoms with Crippen LogP contribution in [0.3, 0.4) is 0 Å². The first kappa shape index (κ1) is 9.51. The maximum atomic E-state index is 11.8. The van der Waals surface area contributed by atoms with Crippen LogP contribution in [0.4, 0.5) is 0 Å². The summed E-state index contributed by atoms with van der Waals surface area (Å²) in [6.07, 6.45) is 0.230. The van der Waals surface area contributed by atoms with Crippen molar-refractivity contribution in [2.45, 2.75) is 6.42 Å². The number of hydrogen-bond acceptors (Lipinski definition) is 4. The molecule has 0 aliphatic carbocycles. The minimum atomic E-state index is 0.0218. The summed E-state index contributed by atoms with van der Waals surface area (Å²) in [7, 11) is 1.72. The predicted octanol–water partition coefficient (Wildman–Crippen LogP) is 0.635. The molecule has 1 aromatic heterocycles. The second-order valence-corrected chi connectivity index (χ2v) is 3.18. The van der Waals surface area contributed by atoms with E-state index < -0.39 is 0 Å². The number of tetrazole rings is 1. The number of benzene rings is 1. The van der Waals surface area contributed by atoms with Crippen LogP contribution < -0.4 is 0 Å². The zero-order valence-electron chi connectivity index (χ0n) is 8.29. The summed E-state index contributed by atoms with van der Waals surface area (Å²) in [5, 5.41) is 10.9. The molecule has 76 valence electrons. The van der Waals surface area contributed by atoms with Crippen molar-refractivity contribution in [3.05, 3.63) is 41.7 Å². The molecule has 0 spiro atoms. The monoisotopic (exact) mass is 202 g/mol. The number of aromatic nitrogens is 4. The quantitative estimate of drug-likeness (QED) is 0.685. The number of ketones is 1. The standard InChI is InChI=1S/C10H10N4O/c1-14-10(11-12-13-14)7-9(15)8-5-3-2-4-6-8/h2-6H,7H2,1H3. The Bertz CT molecular complexity index is 463. The van der Waals surface area contributed by atoms with Gasteiger partial charge in [0, 0.05) is 12.6 Å². The van der Waals surface area contributed by atoms with Gasteiger partial charge in [0.2, 0.25) is 0 Å². The van der Waals surface area contributed by atoms with Crippen molar-refractivity contribution >= 4 is 5.78 Å². The van der Waals surface area contributed by atoms with Crippen LogP contribution >= 0.6 is 0 Å². The highest BCUT2D eigenvalue weighted by Crippen LogP contribution is 2.03. The van der Waals surface area contributed by atoms with Gasteiger partial charge < -0.3 is 0 Å². The van der Waals surface area contributed by atoms with Crippen molar-refractivity contribution in [3.8, 4) is 0 Å². The Kier molecular flexibility index (Phi) is 2.53. The van der Waals surface area contributed by atoms with Crippen molar-refractivity contribution in [2.24, 2.45) is 7.05 Å². The molecule has 0 amide bonds. The van der Waals surface area contributed by atoms with Crippen LogP contribution in [-0.2, 0) is 13.5 Å². The molecule has 2 aromatic rings. The van der Waals surface area contributed by atoms with E-state index >= 15 is 0 Å². The zero-order valence-corrected chi connectivity index (χ0v) is 8.29. The van der Waals surface area contributed by atoms with Crippen LogP contribution in [0, 0.1) is 0 Å². The third-order valence-electron chi connectivity index (χ3n) is 2.12. The Morgan fingerprint density at radius 1 is 1.33 bits per heavy atom. The number of hydrogen-bond donors (Lipinski definition) is 0. The predicted molar refractivity (Wildman–Crippen MR) is 53.3 cm³/mol. The molecule has 5 heteroatoms. The second-order valence-electron chi connectivity index (χ2n) is 3.18. The average Bonchev–Trinajstić information content (AvgIpc) is 2.66. The van der Waals surface area contributed by atoms with E-state index in [0.29, 0.717) is 11.4 Å². The lowest BCUT2D eigenvalue weighted by molar-refractivity contribution is 0.0989. The van der Waals surface area contributed by atoms with E-state index in [2.05, 4.69) is 15.5 Å². The lowest BCUT2D eigenvalue weighted by atomic mass is 10.1. The lowest BCUT2D eigenvalue weighted by Gasteiger charge is -1.98. The fourth-order valence-electron chi connectivity index (χ4n) is 1.27. The number of carbonyl (C=O) groups excluding carboxylic acids is 1. The molecule has 5 nitrogen and oxygen atoms in total. The Balaban J connectivity index is 2.15. The first-order chi connectivity index (χ1) is 7.27. The summed E-state index contributed by atoms with van der Waals surface area (Å²) in [5.74, 6) is 0.595. The Morgan fingerprint density at radius 3 is 2.67 bits per heavy atom. The Labute approximate surface area is 86.7 Å². The molecule has 0 aliphatic heterocycles. The van der Waals surface area contributed by atoms with Gasteiger partial charge in [0.25, 0.3) is 0 Å². The minimum absolute atomic E-state index is 0.0218. The summed E-state index contributed by atoms with van der Waals surface area (Å²) >= 11 is 0. The van der Waals surface area contributed by atoms with Gasteiger partial charge in [-0.2, -0.15) is 0 Å². The third-order valence-corrected chi connectivity index (χ3v) is 2.12. The average molecular weight is 202 g/mol. The number of Topliss-reactive ketones (excluding diaryl/α,β-unsaturated/α-hetero) is 1. The zero-order chi connectivity index (χ0) is 10.7. The molecule has 0 bridgehead atoms. The first-order valence-electron chi connectivity index (χ1n) is 4.57. The van der Waals surface area contributed by atoms with E-state index in [0.717, 1.165) is 0 Å². The van der Waals surface area contributed by atoms with Gasteiger partial charge in [-0.05, 0) is 10.4 Å². The van der Waals surface area contributed by atoms with Crippen molar-refractivity contribution in [1.29, 1.82) is 0 Å². The molecular weight excluding hydrogens is 192 g/mol. The van der Waals surface area contributed by atoms with Crippen molar-refractivity contribution in [3.63, 3.8) is 0 Å². The number of rotatable bonds is 3. The topological polar surface area (TPSA) is 60.7 Å². The number of aryl methyl sites for hydroxylation is 1. The van der Waals surface area contributed by atoms with Gasteiger partial charge in [0.15, 0.2) is 11.6 Å². The molecule has 1 aromatic carbocycles. The summed E-state index contributed by atoms with van der Waals surface area (Å²) < 4.78 is 1.50. The molecule has 0 radical (unpaired) electrons. The maximum absolute atomic E-state index is 11.8. The van der Waals surface area contributed by atoms with E-state index in [-0.39, 0.29) is 12.2 Å². The van der Waals surface area contributed by atoms with Gasteiger partial charge in [-0.25, -0.2) is 4.68 Å². The summed E-state index contributed by atoms with van der Waals surface area (Å²) in [6.45, 7) is 0. The Morgan fingerprint density at radius 2 is 2.07 bits per heavy atom. The first-order valence-corrected chi connectivity index (χ1v) is 4.57. The molecule has 0 N–H and O–H groups in total. The highest BCUT2D eigenvalue weighted by atomic mass is 16.1. The van der Waals surface area contributed by atoms with Crippen LogP contribution in [0.5, 0.6) is 0 Å². The van der Waals surface area contributed by atoms with Gasteiger partial charge in [-0.15, -0.1) is 5.10 Å². The molecular formula is C10H10N4O. The van der Waals surface area contributed by atoms with Crippen LogP contribution in [-0.4, -0.2) is 26.0 Å². The summed E-state index contributed by atoms with van der Waals surface area (Å²) in [6, 6.07) is 9.11. The number of carbonyl (C=O) groups is 1. The summed E-state index contributed by atoms with van der Waals surface area (Å²) in [5.41, 5.74) is 0.681. The van der Waals surface area contributed by atoms with Crippen LogP contribution in [0.25, 0.3) is 0 Å². The van der Waals surface area contributed by atoms with E-state index in [1.165, 1.54) is 4.68 Å². The molecule has 0 saturated heterocycles. The van der Waals surface area contributed by atoms with Crippen molar-refractivity contribution in [1.82, 2.24) is 20.2 Å². The molecule has 0 unspecified atom stereocenters. The van der Waals surface area contributed by atoms with E-state index in [9.17, 15) is 4.79 Å².